The number of hydrogen-bond acceptors (Lipinski definition) is 5. The van der Waals surface area contributed by atoms with Crippen molar-refractivity contribution >= 4 is 17.5 Å². The second-order valence-corrected chi connectivity index (χ2v) is 5.09. The number of ketones is 2. The number of nitrogens with two attached hydrogens (primary N) is 2. The molecule has 110 valence electrons. The lowest BCUT2D eigenvalue weighted by atomic mass is 9.96. The highest BCUT2D eigenvalue weighted by Gasteiger charge is 2.18. The van der Waals surface area contributed by atoms with E-state index in [-0.39, 0.29) is 43.2 Å². The number of carbonyl (C=O) groups is 3. The maximum absolute atomic E-state index is 11.6. The van der Waals surface area contributed by atoms with E-state index in [1.54, 1.807) is 0 Å². The average Bonchev–Trinajstić information content (AvgIpc) is 2.34. The Morgan fingerprint density at radius 2 is 1.53 bits per heavy atom. The summed E-state index contributed by atoms with van der Waals surface area (Å²) in [5.41, 5.74) is 11.3. The molecule has 0 aromatic carbocycles. The molecule has 0 aliphatic rings. The molecule has 0 aromatic rings. The monoisotopic (exact) mass is 272 g/mol. The molecule has 6 nitrogen and oxygen atoms in total. The smallest absolute Gasteiger partial charge is 0.303 e. The summed E-state index contributed by atoms with van der Waals surface area (Å²) in [4.78, 5) is 33.5. The Hall–Kier alpha value is -1.27. The van der Waals surface area contributed by atoms with Crippen molar-refractivity contribution < 1.29 is 19.5 Å². The number of rotatable bonds is 10. The van der Waals surface area contributed by atoms with Gasteiger partial charge in [-0.15, -0.1) is 0 Å². The molecule has 0 rings (SSSR count). The van der Waals surface area contributed by atoms with Crippen LogP contribution in [-0.2, 0) is 14.4 Å². The molecule has 0 heterocycles. The summed E-state index contributed by atoms with van der Waals surface area (Å²) in [5, 5.41) is 8.48. The third kappa shape index (κ3) is 7.69. The largest absolute Gasteiger partial charge is 0.481 e. The second-order valence-electron chi connectivity index (χ2n) is 5.09. The van der Waals surface area contributed by atoms with Gasteiger partial charge in [0.25, 0.3) is 0 Å². The van der Waals surface area contributed by atoms with E-state index >= 15 is 0 Å². The highest BCUT2D eigenvalue weighted by atomic mass is 16.4. The van der Waals surface area contributed by atoms with Gasteiger partial charge in [0.2, 0.25) is 0 Å². The van der Waals surface area contributed by atoms with E-state index in [1.807, 2.05) is 13.8 Å². The predicted octanol–water partition coefficient (Wildman–Crippen LogP) is 0.470. The van der Waals surface area contributed by atoms with Gasteiger partial charge in [-0.25, -0.2) is 0 Å². The second kappa shape index (κ2) is 8.77. The molecule has 0 spiro atoms. The van der Waals surface area contributed by atoms with Gasteiger partial charge in [-0.1, -0.05) is 13.8 Å². The van der Waals surface area contributed by atoms with Crippen LogP contribution in [0.1, 0.15) is 46.0 Å². The predicted molar refractivity (Wildman–Crippen MR) is 71.5 cm³/mol. The quantitative estimate of drug-likeness (QED) is 0.531. The fraction of sp³-hybridized carbons (Fsp3) is 0.769. The van der Waals surface area contributed by atoms with E-state index in [4.69, 9.17) is 16.6 Å². The van der Waals surface area contributed by atoms with Crippen molar-refractivity contribution in [1.82, 2.24) is 0 Å². The van der Waals surface area contributed by atoms with Crippen molar-refractivity contribution in [2.75, 3.05) is 0 Å². The summed E-state index contributed by atoms with van der Waals surface area (Å²) in [6.45, 7) is 3.74. The van der Waals surface area contributed by atoms with E-state index < -0.39 is 18.1 Å². The van der Waals surface area contributed by atoms with Gasteiger partial charge in [0, 0.05) is 19.3 Å². The standard InChI is InChI=1S/C13H24N2O4/c1-8(2)13(15)11(17)5-3-4-10(16)9(14)6-7-12(18)19/h8-9,13H,3-7,14-15H2,1-2H3,(H,18,19)/t9-,13-/m0/s1. The molecule has 0 saturated heterocycles. The summed E-state index contributed by atoms with van der Waals surface area (Å²) in [5.74, 6) is -1.14. The molecule has 0 unspecified atom stereocenters. The van der Waals surface area contributed by atoms with Crippen LogP contribution in [0.2, 0.25) is 0 Å². The zero-order valence-electron chi connectivity index (χ0n) is 11.6. The van der Waals surface area contributed by atoms with Gasteiger partial charge in [0.1, 0.15) is 11.6 Å². The topological polar surface area (TPSA) is 123 Å². The van der Waals surface area contributed by atoms with Crippen molar-refractivity contribution in [3.63, 3.8) is 0 Å². The number of carbonyl (C=O) groups excluding carboxylic acids is 2. The van der Waals surface area contributed by atoms with Crippen molar-refractivity contribution in [2.45, 2.75) is 58.0 Å². The zero-order valence-corrected chi connectivity index (χ0v) is 11.6. The lowest BCUT2D eigenvalue weighted by molar-refractivity contribution is -0.137. The van der Waals surface area contributed by atoms with Gasteiger partial charge in [0.05, 0.1) is 12.1 Å². The molecule has 0 aromatic heterocycles. The van der Waals surface area contributed by atoms with Crippen LogP contribution in [0.5, 0.6) is 0 Å². The Morgan fingerprint density at radius 1 is 1.00 bits per heavy atom. The summed E-state index contributed by atoms with van der Waals surface area (Å²) < 4.78 is 0. The third-order valence-corrected chi connectivity index (χ3v) is 3.02. The summed E-state index contributed by atoms with van der Waals surface area (Å²) in [7, 11) is 0. The maximum atomic E-state index is 11.6. The number of hydrogen-bond donors (Lipinski definition) is 3. The fourth-order valence-electron chi connectivity index (χ4n) is 1.60. The number of carboxylic acids is 1. The van der Waals surface area contributed by atoms with Gasteiger partial charge >= 0.3 is 5.97 Å². The Balaban J connectivity index is 3.91. The average molecular weight is 272 g/mol. The molecule has 5 N–H and O–H groups in total. The van der Waals surface area contributed by atoms with E-state index in [2.05, 4.69) is 0 Å². The van der Waals surface area contributed by atoms with Gasteiger partial charge < -0.3 is 16.6 Å². The van der Waals surface area contributed by atoms with Crippen LogP contribution in [-0.4, -0.2) is 34.7 Å². The SMILES string of the molecule is CC(C)[C@H](N)C(=O)CCCC(=O)[C@@H](N)CCC(=O)O. The normalized spacial score (nSPS) is 14.2. The van der Waals surface area contributed by atoms with Gasteiger partial charge in [-0.3, -0.25) is 14.4 Å². The summed E-state index contributed by atoms with van der Waals surface area (Å²) in [6, 6.07) is -1.25. The Labute approximate surface area is 113 Å². The fourth-order valence-corrected chi connectivity index (χ4v) is 1.60. The molecular formula is C13H24N2O4. The van der Waals surface area contributed by atoms with Crippen LogP contribution >= 0.6 is 0 Å². The molecule has 0 amide bonds. The Bertz CT molecular complexity index is 329. The molecule has 0 aliphatic carbocycles. The first-order valence-corrected chi connectivity index (χ1v) is 6.54. The van der Waals surface area contributed by atoms with E-state index in [9.17, 15) is 14.4 Å². The van der Waals surface area contributed by atoms with Crippen LogP contribution in [0.3, 0.4) is 0 Å². The van der Waals surface area contributed by atoms with Crippen LogP contribution in [0, 0.1) is 5.92 Å². The van der Waals surface area contributed by atoms with Gasteiger partial charge in [-0.05, 0) is 18.8 Å². The molecule has 0 aliphatic heterocycles. The van der Waals surface area contributed by atoms with Crippen LogP contribution in [0.15, 0.2) is 0 Å². The zero-order chi connectivity index (χ0) is 15.0. The first kappa shape index (κ1) is 17.7. The van der Waals surface area contributed by atoms with Gasteiger partial charge in [0.15, 0.2) is 0 Å². The van der Waals surface area contributed by atoms with Crippen LogP contribution in [0.25, 0.3) is 0 Å². The molecule has 0 fully saturated rings. The van der Waals surface area contributed by atoms with Crippen molar-refractivity contribution in [1.29, 1.82) is 0 Å². The number of carboxylic acid groups (broad SMARTS) is 1. The van der Waals surface area contributed by atoms with Crippen molar-refractivity contribution in [2.24, 2.45) is 17.4 Å². The highest BCUT2D eigenvalue weighted by Crippen LogP contribution is 2.08. The van der Waals surface area contributed by atoms with E-state index in [0.717, 1.165) is 0 Å². The van der Waals surface area contributed by atoms with Crippen LogP contribution < -0.4 is 11.5 Å². The molecule has 6 heteroatoms. The minimum absolute atomic E-state index is 0.0538. The minimum atomic E-state index is -0.971. The van der Waals surface area contributed by atoms with Crippen molar-refractivity contribution in [3.8, 4) is 0 Å². The Morgan fingerprint density at radius 3 is 2.00 bits per heavy atom. The summed E-state index contributed by atoms with van der Waals surface area (Å²) in [6.07, 6.45) is 0.880. The minimum Gasteiger partial charge on any atom is -0.481 e. The maximum Gasteiger partial charge on any atom is 0.303 e. The first-order chi connectivity index (χ1) is 8.75. The molecule has 19 heavy (non-hydrogen) atoms. The summed E-state index contributed by atoms with van der Waals surface area (Å²) >= 11 is 0. The lowest BCUT2D eigenvalue weighted by Gasteiger charge is -2.14. The molecule has 0 radical (unpaired) electrons. The Kier molecular flexibility index (Phi) is 8.18. The number of aliphatic carboxylic acids is 1. The first-order valence-electron chi connectivity index (χ1n) is 6.54. The molecular weight excluding hydrogens is 248 g/mol. The van der Waals surface area contributed by atoms with Gasteiger partial charge in [-0.2, -0.15) is 0 Å². The van der Waals surface area contributed by atoms with E-state index in [0.29, 0.717) is 6.42 Å². The van der Waals surface area contributed by atoms with Crippen LogP contribution in [0.4, 0.5) is 0 Å². The molecule has 0 saturated carbocycles. The van der Waals surface area contributed by atoms with E-state index in [1.165, 1.54) is 0 Å². The number of Topliss-reactive ketones (excluding diaryl/α,β-unsaturated/α-hetero) is 2. The van der Waals surface area contributed by atoms with Crippen molar-refractivity contribution in [3.05, 3.63) is 0 Å². The lowest BCUT2D eigenvalue weighted by Crippen LogP contribution is -2.35. The highest BCUT2D eigenvalue weighted by molar-refractivity contribution is 5.86. The molecule has 0 bridgehead atoms. The molecule has 2 atom stereocenters. The third-order valence-electron chi connectivity index (χ3n) is 3.02.